The van der Waals surface area contributed by atoms with Crippen LogP contribution in [0.4, 0.5) is 0 Å². The SMILES string of the molecule is CN([CH]c1ccccn1)[CH]c1ccccn1. The van der Waals surface area contributed by atoms with Gasteiger partial charge in [-0.1, -0.05) is 12.1 Å². The van der Waals surface area contributed by atoms with Gasteiger partial charge in [0.2, 0.25) is 0 Å². The van der Waals surface area contributed by atoms with E-state index in [9.17, 15) is 0 Å². The third-order valence-corrected chi connectivity index (χ3v) is 2.05. The fourth-order valence-electron chi connectivity index (χ4n) is 1.36. The molecule has 0 fully saturated rings. The van der Waals surface area contributed by atoms with Crippen molar-refractivity contribution >= 4 is 0 Å². The molecule has 16 heavy (non-hydrogen) atoms. The summed E-state index contributed by atoms with van der Waals surface area (Å²) in [5, 5.41) is 0. The summed E-state index contributed by atoms with van der Waals surface area (Å²) in [5.41, 5.74) is 1.86. The first-order valence-corrected chi connectivity index (χ1v) is 5.08. The second-order valence-electron chi connectivity index (χ2n) is 3.43. The standard InChI is InChI=1S/C13H13N3/c1-16(10-12-6-2-4-8-14-12)11-13-7-3-5-9-15-13/h2-11H,1H3. The van der Waals surface area contributed by atoms with Crippen molar-refractivity contribution in [1.82, 2.24) is 14.9 Å². The molecule has 2 radical (unpaired) electrons. The first-order chi connectivity index (χ1) is 7.84. The van der Waals surface area contributed by atoms with E-state index in [-0.39, 0.29) is 0 Å². The van der Waals surface area contributed by atoms with Crippen molar-refractivity contribution in [1.29, 1.82) is 0 Å². The summed E-state index contributed by atoms with van der Waals surface area (Å²) in [6.07, 6.45) is 3.56. The minimum atomic E-state index is 0.928. The highest BCUT2D eigenvalue weighted by Gasteiger charge is 2.03. The summed E-state index contributed by atoms with van der Waals surface area (Å²) in [6.45, 7) is 3.91. The van der Waals surface area contributed by atoms with Gasteiger partial charge in [0.05, 0.1) is 24.5 Å². The van der Waals surface area contributed by atoms with Gasteiger partial charge in [-0.15, -0.1) is 0 Å². The van der Waals surface area contributed by atoms with E-state index in [0.717, 1.165) is 11.4 Å². The quantitative estimate of drug-likeness (QED) is 0.775. The van der Waals surface area contributed by atoms with Crippen LogP contribution in [0.5, 0.6) is 0 Å². The average molecular weight is 211 g/mol. The van der Waals surface area contributed by atoms with E-state index in [1.807, 2.05) is 61.4 Å². The average Bonchev–Trinajstić information content (AvgIpc) is 2.31. The van der Waals surface area contributed by atoms with Gasteiger partial charge in [-0.3, -0.25) is 14.9 Å². The Balaban J connectivity index is 1.92. The zero-order chi connectivity index (χ0) is 11.2. The Morgan fingerprint density at radius 1 is 0.875 bits per heavy atom. The molecule has 0 N–H and O–H groups in total. The number of hydrogen-bond donors (Lipinski definition) is 0. The molecule has 0 aliphatic heterocycles. The molecule has 0 unspecified atom stereocenters. The predicted octanol–water partition coefficient (Wildman–Crippen LogP) is 2.13. The molecule has 0 saturated heterocycles. The minimum Gasteiger partial charge on any atom is -0.286 e. The van der Waals surface area contributed by atoms with E-state index in [1.165, 1.54) is 0 Å². The summed E-state index contributed by atoms with van der Waals surface area (Å²) in [5.74, 6) is 0. The number of nitrogens with zero attached hydrogens (tertiary/aromatic N) is 3. The highest BCUT2D eigenvalue weighted by molar-refractivity contribution is 5.17. The fraction of sp³-hybridized carbons (Fsp3) is 0.0769. The largest absolute Gasteiger partial charge is 0.286 e. The Hall–Kier alpha value is -1.74. The van der Waals surface area contributed by atoms with Gasteiger partial charge in [-0.2, -0.15) is 0 Å². The summed E-state index contributed by atoms with van der Waals surface area (Å²) in [4.78, 5) is 10.4. The Labute approximate surface area is 95.8 Å². The van der Waals surface area contributed by atoms with Gasteiger partial charge in [-0.05, 0) is 31.3 Å². The predicted molar refractivity (Wildman–Crippen MR) is 63.0 cm³/mol. The normalized spacial score (nSPS) is 10.6. The lowest BCUT2D eigenvalue weighted by Crippen LogP contribution is -2.14. The summed E-state index contributed by atoms with van der Waals surface area (Å²) < 4.78 is 0. The molecule has 0 aliphatic carbocycles. The van der Waals surface area contributed by atoms with Crippen LogP contribution in [0, 0.1) is 13.1 Å². The first kappa shape index (κ1) is 10.8. The van der Waals surface area contributed by atoms with Crippen LogP contribution >= 0.6 is 0 Å². The van der Waals surface area contributed by atoms with E-state index in [2.05, 4.69) is 9.97 Å². The van der Waals surface area contributed by atoms with E-state index in [4.69, 9.17) is 0 Å². The molecule has 2 aromatic rings. The Morgan fingerprint density at radius 2 is 1.38 bits per heavy atom. The van der Waals surface area contributed by atoms with E-state index in [0.29, 0.717) is 0 Å². The van der Waals surface area contributed by atoms with Crippen molar-refractivity contribution < 1.29 is 0 Å². The summed E-state index contributed by atoms with van der Waals surface area (Å²) >= 11 is 0. The van der Waals surface area contributed by atoms with E-state index < -0.39 is 0 Å². The molecule has 0 atom stereocenters. The van der Waals surface area contributed by atoms with Gasteiger partial charge in [0.1, 0.15) is 0 Å². The van der Waals surface area contributed by atoms with Crippen LogP contribution in [-0.2, 0) is 0 Å². The fourth-order valence-corrected chi connectivity index (χ4v) is 1.36. The highest BCUT2D eigenvalue weighted by atomic mass is 15.1. The molecule has 0 bridgehead atoms. The molecule has 0 amide bonds. The molecule has 2 rings (SSSR count). The molecule has 0 saturated carbocycles. The smallest absolute Gasteiger partial charge is 0.0739 e. The number of aromatic nitrogens is 2. The third kappa shape index (κ3) is 3.14. The molecular weight excluding hydrogens is 198 g/mol. The third-order valence-electron chi connectivity index (χ3n) is 2.05. The van der Waals surface area contributed by atoms with Crippen molar-refractivity contribution in [3.63, 3.8) is 0 Å². The van der Waals surface area contributed by atoms with Crippen molar-refractivity contribution in [2.75, 3.05) is 7.05 Å². The highest BCUT2D eigenvalue weighted by Crippen LogP contribution is 2.07. The molecule has 2 heterocycles. The van der Waals surface area contributed by atoms with Crippen LogP contribution < -0.4 is 0 Å². The Kier molecular flexibility index (Phi) is 3.62. The van der Waals surface area contributed by atoms with E-state index in [1.54, 1.807) is 12.4 Å². The summed E-state index contributed by atoms with van der Waals surface area (Å²) in [7, 11) is 1.96. The molecule has 80 valence electrons. The zero-order valence-corrected chi connectivity index (χ0v) is 9.12. The maximum Gasteiger partial charge on any atom is 0.0739 e. The maximum absolute atomic E-state index is 4.22. The van der Waals surface area contributed by atoms with Crippen LogP contribution in [0.1, 0.15) is 11.4 Å². The van der Waals surface area contributed by atoms with Crippen molar-refractivity contribution in [3.05, 3.63) is 73.3 Å². The molecule has 3 nitrogen and oxygen atoms in total. The number of pyridine rings is 2. The number of rotatable bonds is 4. The lowest BCUT2D eigenvalue weighted by molar-refractivity contribution is 0.517. The molecule has 3 heteroatoms. The van der Waals surface area contributed by atoms with Gasteiger partial charge in [0.15, 0.2) is 0 Å². The van der Waals surface area contributed by atoms with Crippen LogP contribution in [0.25, 0.3) is 0 Å². The second kappa shape index (κ2) is 5.37. The van der Waals surface area contributed by atoms with Gasteiger partial charge in [0.25, 0.3) is 0 Å². The van der Waals surface area contributed by atoms with Crippen LogP contribution in [-0.4, -0.2) is 21.9 Å². The van der Waals surface area contributed by atoms with Gasteiger partial charge < -0.3 is 0 Å². The monoisotopic (exact) mass is 211 g/mol. The molecule has 0 spiro atoms. The zero-order valence-electron chi connectivity index (χ0n) is 9.12. The molecule has 2 aromatic heterocycles. The van der Waals surface area contributed by atoms with Crippen molar-refractivity contribution in [2.24, 2.45) is 0 Å². The molecule has 0 aliphatic rings. The maximum atomic E-state index is 4.22. The van der Waals surface area contributed by atoms with Crippen molar-refractivity contribution in [3.8, 4) is 0 Å². The van der Waals surface area contributed by atoms with Gasteiger partial charge in [-0.25, -0.2) is 0 Å². The lowest BCUT2D eigenvalue weighted by Gasteiger charge is -2.13. The molecule has 0 aromatic carbocycles. The Morgan fingerprint density at radius 3 is 1.75 bits per heavy atom. The van der Waals surface area contributed by atoms with Gasteiger partial charge >= 0.3 is 0 Å². The van der Waals surface area contributed by atoms with Crippen molar-refractivity contribution in [2.45, 2.75) is 0 Å². The van der Waals surface area contributed by atoms with E-state index >= 15 is 0 Å². The second-order valence-corrected chi connectivity index (χ2v) is 3.43. The van der Waals surface area contributed by atoms with Crippen LogP contribution in [0.2, 0.25) is 0 Å². The minimum absolute atomic E-state index is 0.928. The van der Waals surface area contributed by atoms with Gasteiger partial charge in [0, 0.05) is 12.4 Å². The van der Waals surface area contributed by atoms with Crippen LogP contribution in [0.3, 0.4) is 0 Å². The topological polar surface area (TPSA) is 29.0 Å². The van der Waals surface area contributed by atoms with Crippen LogP contribution in [0.15, 0.2) is 48.8 Å². The lowest BCUT2D eigenvalue weighted by atomic mass is 10.3. The Bertz CT molecular complexity index is 372. The number of hydrogen-bond acceptors (Lipinski definition) is 3. The summed E-state index contributed by atoms with van der Waals surface area (Å²) in [6, 6.07) is 11.7. The first-order valence-electron chi connectivity index (χ1n) is 5.08. The molecular formula is C13H13N3.